The van der Waals surface area contributed by atoms with Crippen LogP contribution in [0.15, 0.2) is 121 Å². The SMILES string of the molecule is O=C(OC[C@@H]1O[C@@H](O)[C@@H](OC(=O)c2ccccc2)[C@H](OC(=O)c2ccccc2)[C@H]1OC(=O)c1ccccc1)c1ccccc1. The third-order valence-corrected chi connectivity index (χ3v) is 6.76. The standard InChI is InChI=1S/C34H28O10/c35-30(22-13-5-1-6-14-22)40-21-26-27(42-31(36)23-15-7-2-8-16-23)28(43-32(37)24-17-9-3-10-18-24)29(34(39)41-26)44-33(38)25-19-11-4-12-20-25/h1-20,26-29,34,39H,21H2/t26-,27-,28+,29-,34+/m0/s1. The van der Waals surface area contributed by atoms with Crippen LogP contribution in [0.3, 0.4) is 0 Å². The first-order valence-corrected chi connectivity index (χ1v) is 13.7. The van der Waals surface area contributed by atoms with Crippen LogP contribution in [-0.2, 0) is 23.7 Å². The van der Waals surface area contributed by atoms with E-state index in [2.05, 4.69) is 0 Å². The van der Waals surface area contributed by atoms with Gasteiger partial charge in [-0.1, -0.05) is 72.8 Å². The molecule has 0 unspecified atom stereocenters. The van der Waals surface area contributed by atoms with Gasteiger partial charge < -0.3 is 28.8 Å². The number of carbonyl (C=O) groups is 4. The number of ether oxygens (including phenoxy) is 5. The Labute approximate surface area is 252 Å². The van der Waals surface area contributed by atoms with E-state index in [1.807, 2.05) is 0 Å². The van der Waals surface area contributed by atoms with Gasteiger partial charge in [0.15, 0.2) is 24.6 Å². The number of aliphatic hydroxyl groups excluding tert-OH is 1. The quantitative estimate of drug-likeness (QED) is 0.221. The van der Waals surface area contributed by atoms with Crippen LogP contribution >= 0.6 is 0 Å². The normalized spacial score (nSPS) is 21.0. The van der Waals surface area contributed by atoms with Gasteiger partial charge in [-0.15, -0.1) is 0 Å². The van der Waals surface area contributed by atoms with Crippen LogP contribution < -0.4 is 0 Å². The van der Waals surface area contributed by atoms with Crippen LogP contribution in [0.1, 0.15) is 41.4 Å². The molecule has 224 valence electrons. The van der Waals surface area contributed by atoms with Crippen LogP contribution in [0.5, 0.6) is 0 Å². The predicted octanol–water partition coefficient (Wildman–Crippen LogP) is 4.24. The first kappa shape index (κ1) is 30.1. The number of aliphatic hydroxyl groups is 1. The largest absolute Gasteiger partial charge is 0.459 e. The van der Waals surface area contributed by atoms with E-state index >= 15 is 0 Å². The predicted molar refractivity (Wildman–Crippen MR) is 155 cm³/mol. The number of hydrogen-bond acceptors (Lipinski definition) is 10. The zero-order chi connectivity index (χ0) is 30.9. The fraction of sp³-hybridized carbons (Fsp3) is 0.176. The topological polar surface area (TPSA) is 135 Å². The molecule has 4 aromatic carbocycles. The number of hydrogen-bond donors (Lipinski definition) is 1. The third-order valence-electron chi connectivity index (χ3n) is 6.76. The summed E-state index contributed by atoms with van der Waals surface area (Å²) in [5.74, 6) is -3.21. The van der Waals surface area contributed by atoms with Crippen molar-refractivity contribution in [2.24, 2.45) is 0 Å². The highest BCUT2D eigenvalue weighted by atomic mass is 16.7. The molecule has 0 saturated carbocycles. The smallest absolute Gasteiger partial charge is 0.338 e. The molecule has 4 aromatic rings. The summed E-state index contributed by atoms with van der Waals surface area (Å²) in [7, 11) is 0. The van der Waals surface area contributed by atoms with Crippen molar-refractivity contribution < 1.29 is 48.0 Å². The van der Waals surface area contributed by atoms with Gasteiger partial charge in [0.2, 0.25) is 0 Å². The monoisotopic (exact) mass is 596 g/mol. The second-order valence-corrected chi connectivity index (χ2v) is 9.74. The summed E-state index contributed by atoms with van der Waals surface area (Å²) in [6.07, 6.45) is -7.89. The fourth-order valence-corrected chi connectivity index (χ4v) is 4.54. The van der Waals surface area contributed by atoms with E-state index in [-0.39, 0.29) is 22.3 Å². The lowest BCUT2D eigenvalue weighted by atomic mass is 9.97. The van der Waals surface area contributed by atoms with Crippen molar-refractivity contribution in [2.45, 2.75) is 30.7 Å². The van der Waals surface area contributed by atoms with E-state index in [4.69, 9.17) is 23.7 Å². The maximum absolute atomic E-state index is 13.3. The summed E-state index contributed by atoms with van der Waals surface area (Å²) < 4.78 is 28.4. The fourth-order valence-electron chi connectivity index (χ4n) is 4.54. The molecule has 10 nitrogen and oxygen atoms in total. The van der Waals surface area contributed by atoms with Gasteiger partial charge in [0.25, 0.3) is 0 Å². The summed E-state index contributed by atoms with van der Waals surface area (Å²) in [4.78, 5) is 52.3. The zero-order valence-electron chi connectivity index (χ0n) is 23.3. The maximum atomic E-state index is 13.3. The van der Waals surface area contributed by atoms with Gasteiger partial charge in [-0.05, 0) is 48.5 Å². The Bertz CT molecular complexity index is 1560. The van der Waals surface area contributed by atoms with Gasteiger partial charge in [0.05, 0.1) is 22.3 Å². The van der Waals surface area contributed by atoms with Gasteiger partial charge in [0.1, 0.15) is 12.7 Å². The molecule has 1 aliphatic rings. The van der Waals surface area contributed by atoms with Crippen molar-refractivity contribution in [1.29, 1.82) is 0 Å². The second-order valence-electron chi connectivity index (χ2n) is 9.74. The van der Waals surface area contributed by atoms with Crippen LogP contribution in [0, 0.1) is 0 Å². The van der Waals surface area contributed by atoms with Crippen LogP contribution in [0.4, 0.5) is 0 Å². The highest BCUT2D eigenvalue weighted by molar-refractivity contribution is 5.91. The van der Waals surface area contributed by atoms with Crippen molar-refractivity contribution in [1.82, 2.24) is 0 Å². The van der Waals surface area contributed by atoms with Crippen LogP contribution in [0.2, 0.25) is 0 Å². The van der Waals surface area contributed by atoms with Gasteiger partial charge in [0, 0.05) is 0 Å². The summed E-state index contributed by atoms with van der Waals surface area (Å²) in [6, 6.07) is 32.1. The molecular weight excluding hydrogens is 568 g/mol. The lowest BCUT2D eigenvalue weighted by Crippen LogP contribution is -2.62. The molecule has 0 aromatic heterocycles. The highest BCUT2D eigenvalue weighted by Crippen LogP contribution is 2.30. The Hall–Kier alpha value is -5.32. The Kier molecular flexibility index (Phi) is 9.75. The van der Waals surface area contributed by atoms with Crippen molar-refractivity contribution >= 4 is 23.9 Å². The highest BCUT2D eigenvalue weighted by Gasteiger charge is 2.52. The van der Waals surface area contributed by atoms with E-state index in [0.717, 1.165) is 0 Å². The first-order valence-electron chi connectivity index (χ1n) is 13.7. The molecule has 5 atom stereocenters. The number of esters is 4. The molecule has 1 aliphatic heterocycles. The van der Waals surface area contributed by atoms with Crippen molar-refractivity contribution in [2.75, 3.05) is 6.61 Å². The minimum absolute atomic E-state index is 0.154. The molecule has 44 heavy (non-hydrogen) atoms. The minimum atomic E-state index is -1.86. The lowest BCUT2D eigenvalue weighted by molar-refractivity contribution is -0.284. The molecule has 0 spiro atoms. The molecule has 0 aliphatic carbocycles. The summed E-state index contributed by atoms with van der Waals surface area (Å²) in [6.45, 7) is -0.504. The second kappa shape index (κ2) is 14.2. The van der Waals surface area contributed by atoms with Gasteiger partial charge in [-0.3, -0.25) is 0 Å². The average Bonchev–Trinajstić information content (AvgIpc) is 3.07. The molecule has 1 heterocycles. The van der Waals surface area contributed by atoms with E-state index < -0.39 is 61.2 Å². The zero-order valence-corrected chi connectivity index (χ0v) is 23.3. The molecule has 1 fully saturated rings. The van der Waals surface area contributed by atoms with Crippen molar-refractivity contribution in [3.8, 4) is 0 Å². The number of carbonyl (C=O) groups excluding carboxylic acids is 4. The molecular formula is C34H28O10. The van der Waals surface area contributed by atoms with Gasteiger partial charge in [-0.2, -0.15) is 0 Å². The minimum Gasteiger partial charge on any atom is -0.459 e. The van der Waals surface area contributed by atoms with E-state index in [1.54, 1.807) is 84.9 Å². The van der Waals surface area contributed by atoms with E-state index in [9.17, 15) is 24.3 Å². The Morgan fingerprint density at radius 3 is 1.25 bits per heavy atom. The van der Waals surface area contributed by atoms with Crippen molar-refractivity contribution in [3.63, 3.8) is 0 Å². The van der Waals surface area contributed by atoms with E-state index in [1.165, 1.54) is 36.4 Å². The average molecular weight is 597 g/mol. The molecule has 1 N–H and O–H groups in total. The van der Waals surface area contributed by atoms with E-state index in [0.29, 0.717) is 0 Å². The Balaban J connectivity index is 1.48. The molecule has 0 radical (unpaired) electrons. The molecule has 5 rings (SSSR count). The first-order chi connectivity index (χ1) is 21.4. The molecule has 10 heteroatoms. The van der Waals surface area contributed by atoms with Gasteiger partial charge in [-0.25, -0.2) is 19.2 Å². The third kappa shape index (κ3) is 7.35. The Morgan fingerprint density at radius 2 is 0.841 bits per heavy atom. The summed E-state index contributed by atoms with van der Waals surface area (Å²) >= 11 is 0. The van der Waals surface area contributed by atoms with Crippen LogP contribution in [0.25, 0.3) is 0 Å². The summed E-state index contributed by atoms with van der Waals surface area (Å²) in [5.41, 5.74) is 0.736. The van der Waals surface area contributed by atoms with Crippen molar-refractivity contribution in [3.05, 3.63) is 144 Å². The number of benzene rings is 4. The summed E-state index contributed by atoms with van der Waals surface area (Å²) in [5, 5.41) is 11.1. The Morgan fingerprint density at radius 1 is 0.500 bits per heavy atom. The van der Waals surface area contributed by atoms with Crippen LogP contribution in [-0.4, -0.2) is 66.3 Å². The van der Waals surface area contributed by atoms with Gasteiger partial charge >= 0.3 is 23.9 Å². The molecule has 0 amide bonds. The molecule has 0 bridgehead atoms. The lowest BCUT2D eigenvalue weighted by Gasteiger charge is -2.42. The number of rotatable bonds is 9. The molecule has 1 saturated heterocycles. The maximum Gasteiger partial charge on any atom is 0.338 e.